The minimum absolute atomic E-state index is 0.0810. The van der Waals surface area contributed by atoms with E-state index in [1.165, 1.54) is 6.20 Å². The van der Waals surface area contributed by atoms with Crippen molar-refractivity contribution in [2.75, 3.05) is 20.1 Å². The normalized spacial score (nSPS) is 19.9. The second-order valence-corrected chi connectivity index (χ2v) is 6.39. The van der Waals surface area contributed by atoms with E-state index in [9.17, 15) is 9.59 Å². The second kappa shape index (κ2) is 8.01. The minimum atomic E-state index is -0.317. The summed E-state index contributed by atoms with van der Waals surface area (Å²) in [4.78, 5) is 39.1. The number of nitrogens with zero attached hydrogens (tertiary/aromatic N) is 4. The van der Waals surface area contributed by atoms with Gasteiger partial charge in [0.25, 0.3) is 5.91 Å². The molecule has 3 rings (SSSR count). The van der Waals surface area contributed by atoms with Crippen molar-refractivity contribution < 1.29 is 9.59 Å². The van der Waals surface area contributed by atoms with Crippen molar-refractivity contribution in [2.45, 2.75) is 19.5 Å². The molecule has 0 radical (unpaired) electrons. The van der Waals surface area contributed by atoms with E-state index in [0.717, 1.165) is 11.3 Å². The SMILES string of the molecule is CNC(=O)[C@H]1CN(Cc2ccncc2)C[C@@H]1NC(=O)c1cnc(C)cn1. The van der Waals surface area contributed by atoms with E-state index in [0.29, 0.717) is 19.6 Å². The molecule has 3 heterocycles. The van der Waals surface area contributed by atoms with Crippen molar-refractivity contribution >= 4 is 11.8 Å². The van der Waals surface area contributed by atoms with Crippen molar-refractivity contribution in [3.63, 3.8) is 0 Å². The second-order valence-electron chi connectivity index (χ2n) is 6.39. The zero-order valence-electron chi connectivity index (χ0n) is 14.8. The zero-order chi connectivity index (χ0) is 18.5. The Morgan fingerprint density at radius 3 is 2.62 bits per heavy atom. The summed E-state index contributed by atoms with van der Waals surface area (Å²) in [5.74, 6) is -0.714. The van der Waals surface area contributed by atoms with Crippen LogP contribution in [0, 0.1) is 12.8 Å². The van der Waals surface area contributed by atoms with Crippen LogP contribution < -0.4 is 10.6 Å². The topological polar surface area (TPSA) is 100 Å². The van der Waals surface area contributed by atoms with Crippen LogP contribution in [0.25, 0.3) is 0 Å². The Bertz CT molecular complexity index is 765. The Kier molecular flexibility index (Phi) is 5.52. The molecular formula is C18H22N6O2. The number of carbonyl (C=O) groups is 2. The van der Waals surface area contributed by atoms with E-state index < -0.39 is 0 Å². The Labute approximate surface area is 152 Å². The van der Waals surface area contributed by atoms with Gasteiger partial charge in [-0.05, 0) is 24.6 Å². The monoisotopic (exact) mass is 354 g/mol. The molecule has 1 aliphatic heterocycles. The molecule has 0 unspecified atom stereocenters. The predicted molar refractivity (Wildman–Crippen MR) is 95.1 cm³/mol. The van der Waals surface area contributed by atoms with Crippen LogP contribution in [0.5, 0.6) is 0 Å². The predicted octanol–water partition coefficient (Wildman–Crippen LogP) is 0.156. The fourth-order valence-corrected chi connectivity index (χ4v) is 3.11. The maximum absolute atomic E-state index is 12.5. The highest BCUT2D eigenvalue weighted by atomic mass is 16.2. The van der Waals surface area contributed by atoms with Crippen molar-refractivity contribution in [2.24, 2.45) is 5.92 Å². The maximum Gasteiger partial charge on any atom is 0.271 e. The molecule has 2 atom stereocenters. The summed E-state index contributed by atoms with van der Waals surface area (Å²) in [5, 5.41) is 5.63. The lowest BCUT2D eigenvalue weighted by Gasteiger charge is -2.18. The van der Waals surface area contributed by atoms with Crippen molar-refractivity contribution in [1.29, 1.82) is 0 Å². The minimum Gasteiger partial charge on any atom is -0.359 e. The van der Waals surface area contributed by atoms with Gasteiger partial charge in [0.1, 0.15) is 5.69 Å². The number of amides is 2. The summed E-state index contributed by atoms with van der Waals surface area (Å²) in [6.45, 7) is 3.68. The van der Waals surface area contributed by atoms with Gasteiger partial charge in [-0.1, -0.05) is 0 Å². The third-order valence-electron chi connectivity index (χ3n) is 4.46. The van der Waals surface area contributed by atoms with Crippen molar-refractivity contribution in [3.8, 4) is 0 Å². The number of likely N-dealkylation sites (tertiary alicyclic amines) is 1. The smallest absolute Gasteiger partial charge is 0.271 e. The lowest BCUT2D eigenvalue weighted by atomic mass is 10.0. The van der Waals surface area contributed by atoms with E-state index in [1.54, 1.807) is 25.6 Å². The van der Waals surface area contributed by atoms with Crippen LogP contribution >= 0.6 is 0 Å². The molecule has 1 aliphatic rings. The fourth-order valence-electron chi connectivity index (χ4n) is 3.11. The van der Waals surface area contributed by atoms with Gasteiger partial charge in [0.15, 0.2) is 0 Å². The molecule has 2 aromatic heterocycles. The summed E-state index contributed by atoms with van der Waals surface area (Å²) >= 11 is 0. The van der Waals surface area contributed by atoms with Gasteiger partial charge in [0, 0.05) is 45.3 Å². The first-order valence-electron chi connectivity index (χ1n) is 8.49. The molecule has 0 spiro atoms. The first kappa shape index (κ1) is 17.9. The van der Waals surface area contributed by atoms with E-state index in [1.807, 2.05) is 19.1 Å². The molecule has 136 valence electrons. The Morgan fingerprint density at radius 2 is 1.96 bits per heavy atom. The lowest BCUT2D eigenvalue weighted by Crippen LogP contribution is -2.45. The highest BCUT2D eigenvalue weighted by Gasteiger charge is 2.38. The standard InChI is InChI=1S/C18H22N6O2/c1-12-7-22-15(8-21-12)18(26)23-16-11-24(10-14(16)17(25)19-2)9-13-3-5-20-6-4-13/h3-8,14,16H,9-11H2,1-2H3,(H,19,25)(H,23,26)/t14-,16-/m0/s1. The summed E-state index contributed by atoms with van der Waals surface area (Å²) in [5.41, 5.74) is 2.11. The van der Waals surface area contributed by atoms with E-state index in [4.69, 9.17) is 0 Å². The number of nitrogens with one attached hydrogen (secondary N) is 2. The van der Waals surface area contributed by atoms with E-state index >= 15 is 0 Å². The van der Waals surface area contributed by atoms with Crippen LogP contribution in [0.2, 0.25) is 0 Å². The van der Waals surface area contributed by atoms with Crippen LogP contribution in [-0.4, -0.2) is 57.8 Å². The molecule has 2 amide bonds. The number of pyridine rings is 1. The van der Waals surface area contributed by atoms with Crippen LogP contribution in [0.15, 0.2) is 36.9 Å². The zero-order valence-corrected chi connectivity index (χ0v) is 14.8. The van der Waals surface area contributed by atoms with Gasteiger partial charge in [-0.15, -0.1) is 0 Å². The molecule has 0 aliphatic carbocycles. The Morgan fingerprint density at radius 1 is 1.19 bits per heavy atom. The van der Waals surface area contributed by atoms with E-state index in [-0.39, 0.29) is 29.5 Å². The van der Waals surface area contributed by atoms with Gasteiger partial charge in [-0.3, -0.25) is 24.5 Å². The number of hydrogen-bond donors (Lipinski definition) is 2. The molecular weight excluding hydrogens is 332 g/mol. The molecule has 8 heteroatoms. The van der Waals surface area contributed by atoms with E-state index in [2.05, 4.69) is 30.5 Å². The third kappa shape index (κ3) is 4.20. The number of rotatable bonds is 5. The fraction of sp³-hybridized carbons (Fsp3) is 0.389. The van der Waals surface area contributed by atoms with Gasteiger partial charge in [-0.25, -0.2) is 4.98 Å². The summed E-state index contributed by atoms with van der Waals surface area (Å²) in [6.07, 6.45) is 6.49. The maximum atomic E-state index is 12.5. The molecule has 2 aromatic rings. The average Bonchev–Trinajstić information content (AvgIpc) is 3.04. The van der Waals surface area contributed by atoms with Gasteiger partial charge in [0.05, 0.1) is 23.9 Å². The summed E-state index contributed by atoms with van der Waals surface area (Å²) < 4.78 is 0. The van der Waals surface area contributed by atoms with Gasteiger partial charge >= 0.3 is 0 Å². The molecule has 1 fully saturated rings. The number of carbonyl (C=O) groups excluding carboxylic acids is 2. The molecule has 26 heavy (non-hydrogen) atoms. The highest BCUT2D eigenvalue weighted by Crippen LogP contribution is 2.20. The Hall–Kier alpha value is -2.87. The number of aromatic nitrogens is 3. The number of aryl methyl sites for hydroxylation is 1. The lowest BCUT2D eigenvalue weighted by molar-refractivity contribution is -0.124. The quantitative estimate of drug-likeness (QED) is 0.793. The van der Waals surface area contributed by atoms with Crippen LogP contribution in [-0.2, 0) is 11.3 Å². The molecule has 2 N–H and O–H groups in total. The molecule has 0 aromatic carbocycles. The molecule has 1 saturated heterocycles. The average molecular weight is 354 g/mol. The van der Waals surface area contributed by atoms with Crippen molar-refractivity contribution in [3.05, 3.63) is 53.9 Å². The highest BCUT2D eigenvalue weighted by molar-refractivity contribution is 5.92. The van der Waals surface area contributed by atoms with Gasteiger partial charge in [-0.2, -0.15) is 0 Å². The van der Waals surface area contributed by atoms with Crippen molar-refractivity contribution in [1.82, 2.24) is 30.5 Å². The first-order valence-corrected chi connectivity index (χ1v) is 8.49. The van der Waals surface area contributed by atoms with Crippen LogP contribution in [0.4, 0.5) is 0 Å². The van der Waals surface area contributed by atoms with Crippen LogP contribution in [0.3, 0.4) is 0 Å². The number of hydrogen-bond acceptors (Lipinski definition) is 6. The first-order chi connectivity index (χ1) is 12.6. The summed E-state index contributed by atoms with van der Waals surface area (Å²) in [6, 6.07) is 3.61. The van der Waals surface area contributed by atoms with Crippen LogP contribution in [0.1, 0.15) is 21.7 Å². The largest absolute Gasteiger partial charge is 0.359 e. The third-order valence-corrected chi connectivity index (χ3v) is 4.46. The Balaban J connectivity index is 1.69. The summed E-state index contributed by atoms with van der Waals surface area (Å²) in [7, 11) is 1.61. The molecule has 0 bridgehead atoms. The van der Waals surface area contributed by atoms with Gasteiger partial charge in [0.2, 0.25) is 5.91 Å². The molecule has 8 nitrogen and oxygen atoms in total. The molecule has 0 saturated carbocycles. The van der Waals surface area contributed by atoms with Gasteiger partial charge < -0.3 is 10.6 Å².